The Morgan fingerprint density at radius 1 is 1.41 bits per heavy atom. The van der Waals surface area contributed by atoms with Crippen molar-refractivity contribution < 1.29 is 14.6 Å². The summed E-state index contributed by atoms with van der Waals surface area (Å²) in [7, 11) is 0. The molecule has 0 aliphatic heterocycles. The molecule has 0 spiro atoms. The van der Waals surface area contributed by atoms with E-state index >= 15 is 0 Å². The van der Waals surface area contributed by atoms with Crippen LogP contribution in [0.4, 0.5) is 5.69 Å². The van der Waals surface area contributed by atoms with Gasteiger partial charge in [0.05, 0.1) is 15.5 Å². The van der Waals surface area contributed by atoms with Gasteiger partial charge in [-0.2, -0.15) is 0 Å². The molecule has 2 rings (SSSR count). The van der Waals surface area contributed by atoms with Crippen LogP contribution < -0.4 is 5.73 Å². The molecule has 2 N–H and O–H groups in total. The molecular formula is C13H9ClN4O4. The van der Waals surface area contributed by atoms with Gasteiger partial charge < -0.3 is 10.6 Å². The van der Waals surface area contributed by atoms with Crippen LogP contribution in [0.2, 0.25) is 5.02 Å². The maximum absolute atomic E-state index is 11.8. The predicted molar refractivity (Wildman–Crippen MR) is 78.5 cm³/mol. The highest BCUT2D eigenvalue weighted by Gasteiger charge is 2.16. The van der Waals surface area contributed by atoms with Crippen LogP contribution in [0.15, 0.2) is 47.9 Å². The van der Waals surface area contributed by atoms with Crippen molar-refractivity contribution in [1.29, 1.82) is 0 Å². The van der Waals surface area contributed by atoms with E-state index in [0.717, 1.165) is 12.1 Å². The number of hydrogen-bond acceptors (Lipinski definition) is 6. The lowest BCUT2D eigenvalue weighted by molar-refractivity contribution is -0.384. The van der Waals surface area contributed by atoms with Crippen molar-refractivity contribution in [1.82, 2.24) is 4.98 Å². The topological polar surface area (TPSA) is 121 Å². The van der Waals surface area contributed by atoms with E-state index in [1.165, 1.54) is 12.3 Å². The molecule has 22 heavy (non-hydrogen) atoms. The second kappa shape index (κ2) is 6.64. The molecule has 0 saturated carbocycles. The van der Waals surface area contributed by atoms with E-state index in [2.05, 4.69) is 15.0 Å². The van der Waals surface area contributed by atoms with Crippen LogP contribution in [0.3, 0.4) is 0 Å². The largest absolute Gasteiger partial charge is 0.380 e. The number of oxime groups is 1. The Kier molecular flexibility index (Phi) is 4.64. The molecule has 0 bridgehead atoms. The van der Waals surface area contributed by atoms with Crippen LogP contribution >= 0.6 is 11.6 Å². The summed E-state index contributed by atoms with van der Waals surface area (Å²) in [5.41, 5.74) is 5.81. The van der Waals surface area contributed by atoms with Crippen LogP contribution in [-0.2, 0) is 4.84 Å². The molecule has 1 heterocycles. The molecule has 1 aromatic carbocycles. The summed E-state index contributed by atoms with van der Waals surface area (Å²) in [5, 5.41) is 14.0. The molecule has 0 atom stereocenters. The summed E-state index contributed by atoms with van der Waals surface area (Å²) >= 11 is 5.81. The lowest BCUT2D eigenvalue weighted by Crippen LogP contribution is -2.15. The number of non-ortho nitro benzene ring substituents is 1. The van der Waals surface area contributed by atoms with Crippen LogP contribution in [0.25, 0.3) is 0 Å². The molecule has 2 aromatic rings. The average molecular weight is 321 g/mol. The molecule has 0 aliphatic carbocycles. The number of amidine groups is 1. The third kappa shape index (κ3) is 3.55. The van der Waals surface area contributed by atoms with Crippen molar-refractivity contribution >= 4 is 29.1 Å². The van der Waals surface area contributed by atoms with Crippen molar-refractivity contribution in [3.05, 3.63) is 69.0 Å². The van der Waals surface area contributed by atoms with Gasteiger partial charge in [0.2, 0.25) is 0 Å². The lowest BCUT2D eigenvalue weighted by Gasteiger charge is -2.02. The highest BCUT2D eigenvalue weighted by Crippen LogP contribution is 2.23. The summed E-state index contributed by atoms with van der Waals surface area (Å²) < 4.78 is 0. The zero-order chi connectivity index (χ0) is 16.1. The van der Waals surface area contributed by atoms with Gasteiger partial charge in [-0.05, 0) is 18.2 Å². The fourth-order valence-electron chi connectivity index (χ4n) is 1.49. The van der Waals surface area contributed by atoms with Gasteiger partial charge in [0.25, 0.3) is 5.69 Å². The fraction of sp³-hybridized carbons (Fsp3) is 0. The molecule has 0 amide bonds. The van der Waals surface area contributed by atoms with Crippen molar-refractivity contribution in [2.24, 2.45) is 10.9 Å². The Labute approximate surface area is 129 Å². The number of nitrogens with two attached hydrogens (primary N) is 1. The lowest BCUT2D eigenvalue weighted by atomic mass is 10.2. The zero-order valence-electron chi connectivity index (χ0n) is 11.0. The van der Waals surface area contributed by atoms with Crippen LogP contribution in [-0.4, -0.2) is 21.7 Å². The maximum Gasteiger partial charge on any atom is 0.367 e. The van der Waals surface area contributed by atoms with Crippen LogP contribution in [0.5, 0.6) is 0 Å². The second-order valence-corrected chi connectivity index (χ2v) is 4.43. The van der Waals surface area contributed by atoms with E-state index < -0.39 is 10.9 Å². The standard InChI is InChI=1S/C13H9ClN4O4/c14-11-6-9(18(20)21)3-4-10(11)13(19)22-17-12(15)8-2-1-5-16-7-8/h1-7H,(H2,15,17). The minimum Gasteiger partial charge on any atom is -0.380 e. The molecule has 0 aliphatic rings. The molecule has 1 aromatic heterocycles. The van der Waals surface area contributed by atoms with Crippen LogP contribution in [0, 0.1) is 10.1 Å². The zero-order valence-corrected chi connectivity index (χ0v) is 11.7. The third-order valence-electron chi connectivity index (χ3n) is 2.57. The summed E-state index contributed by atoms with van der Waals surface area (Å²) in [6.45, 7) is 0. The number of carbonyl (C=O) groups excluding carboxylic acids is 1. The number of halogens is 1. The first kappa shape index (κ1) is 15.4. The Morgan fingerprint density at radius 3 is 2.77 bits per heavy atom. The molecule has 0 unspecified atom stereocenters. The first-order valence-electron chi connectivity index (χ1n) is 5.88. The summed E-state index contributed by atoms with van der Waals surface area (Å²) in [4.78, 5) is 30.3. The number of rotatable bonds is 4. The van der Waals surface area contributed by atoms with Gasteiger partial charge in [0.1, 0.15) is 0 Å². The Balaban J connectivity index is 2.14. The van der Waals surface area contributed by atoms with Gasteiger partial charge in [-0.3, -0.25) is 15.1 Å². The maximum atomic E-state index is 11.8. The Hall–Kier alpha value is -3.00. The summed E-state index contributed by atoms with van der Waals surface area (Å²) in [6.07, 6.45) is 3.00. The van der Waals surface area contributed by atoms with E-state index in [9.17, 15) is 14.9 Å². The summed E-state index contributed by atoms with van der Waals surface area (Å²) in [6, 6.07) is 6.65. The fourth-order valence-corrected chi connectivity index (χ4v) is 1.74. The minimum absolute atomic E-state index is 0.0421. The van der Waals surface area contributed by atoms with Gasteiger partial charge in [-0.15, -0.1) is 0 Å². The third-order valence-corrected chi connectivity index (χ3v) is 2.88. The number of nitrogens with zero attached hydrogens (tertiary/aromatic N) is 3. The van der Waals surface area contributed by atoms with Gasteiger partial charge >= 0.3 is 5.97 Å². The quantitative estimate of drug-likeness (QED) is 0.303. The number of carbonyl (C=O) groups is 1. The van der Waals surface area contributed by atoms with Crippen molar-refractivity contribution in [3.8, 4) is 0 Å². The number of aromatic nitrogens is 1. The second-order valence-electron chi connectivity index (χ2n) is 4.02. The van der Waals surface area contributed by atoms with Gasteiger partial charge in [0.15, 0.2) is 5.84 Å². The molecule has 0 fully saturated rings. The SMILES string of the molecule is NC(=NOC(=O)c1ccc([N+](=O)[O-])cc1Cl)c1cccnc1. The Morgan fingerprint density at radius 2 is 2.18 bits per heavy atom. The van der Waals surface area contributed by atoms with E-state index in [1.54, 1.807) is 18.3 Å². The monoisotopic (exact) mass is 320 g/mol. The Bertz CT molecular complexity index is 749. The first-order valence-corrected chi connectivity index (χ1v) is 6.26. The highest BCUT2D eigenvalue weighted by atomic mass is 35.5. The number of hydrogen-bond donors (Lipinski definition) is 1. The number of nitro groups is 1. The highest BCUT2D eigenvalue weighted by molar-refractivity contribution is 6.33. The van der Waals surface area contributed by atoms with E-state index in [1.807, 2.05) is 0 Å². The number of nitro benzene ring substituents is 1. The molecule has 8 nitrogen and oxygen atoms in total. The molecule has 0 saturated heterocycles. The molecule has 0 radical (unpaired) electrons. The van der Waals surface area contributed by atoms with E-state index in [4.69, 9.17) is 17.3 Å². The van der Waals surface area contributed by atoms with Crippen molar-refractivity contribution in [2.75, 3.05) is 0 Å². The van der Waals surface area contributed by atoms with Crippen molar-refractivity contribution in [3.63, 3.8) is 0 Å². The normalized spacial score (nSPS) is 11.0. The van der Waals surface area contributed by atoms with Gasteiger partial charge in [-0.25, -0.2) is 4.79 Å². The molecule has 9 heteroatoms. The molecule has 112 valence electrons. The molecular weight excluding hydrogens is 312 g/mol. The first-order chi connectivity index (χ1) is 10.5. The predicted octanol–water partition coefficient (Wildman–Crippen LogP) is 2.12. The summed E-state index contributed by atoms with van der Waals surface area (Å²) in [5.74, 6) is -0.925. The van der Waals surface area contributed by atoms with Crippen LogP contribution in [0.1, 0.15) is 15.9 Å². The van der Waals surface area contributed by atoms with Gasteiger partial charge in [-0.1, -0.05) is 16.8 Å². The van der Waals surface area contributed by atoms with Gasteiger partial charge in [0, 0.05) is 30.1 Å². The van der Waals surface area contributed by atoms with E-state index in [-0.39, 0.29) is 22.1 Å². The average Bonchev–Trinajstić information content (AvgIpc) is 2.52. The number of benzene rings is 1. The van der Waals surface area contributed by atoms with E-state index in [0.29, 0.717) is 5.56 Å². The van der Waals surface area contributed by atoms with Crippen molar-refractivity contribution in [2.45, 2.75) is 0 Å². The smallest absolute Gasteiger partial charge is 0.367 e. The minimum atomic E-state index is -0.883. The number of pyridine rings is 1.